The number of aromatic nitrogens is 2. The molecule has 5 heteroatoms. The molecule has 0 saturated heterocycles. The van der Waals surface area contributed by atoms with Crippen LogP contribution in [-0.4, -0.2) is 33.6 Å². The zero-order valence-electron chi connectivity index (χ0n) is 9.60. The van der Waals surface area contributed by atoms with Gasteiger partial charge in [0, 0.05) is 12.1 Å². The molecule has 0 saturated carbocycles. The first-order valence-electron chi connectivity index (χ1n) is 5.56. The number of aliphatic hydroxyl groups is 1. The number of imidazole rings is 1. The molecule has 0 spiro atoms. The van der Waals surface area contributed by atoms with Crippen molar-refractivity contribution in [3.05, 3.63) is 30.1 Å². The molecule has 1 heterocycles. The van der Waals surface area contributed by atoms with Gasteiger partial charge in [0.1, 0.15) is 0 Å². The van der Waals surface area contributed by atoms with Gasteiger partial charge in [-0.2, -0.15) is 0 Å². The normalized spacial score (nSPS) is 12.6. The van der Waals surface area contributed by atoms with E-state index in [0.29, 0.717) is 18.5 Å². The monoisotopic (exact) mass is 233 g/mol. The van der Waals surface area contributed by atoms with Crippen molar-refractivity contribution >= 4 is 16.9 Å². The van der Waals surface area contributed by atoms with Gasteiger partial charge < -0.3 is 15.4 Å². The third-order valence-electron chi connectivity index (χ3n) is 2.53. The third-order valence-corrected chi connectivity index (χ3v) is 2.53. The van der Waals surface area contributed by atoms with E-state index in [1.165, 1.54) is 0 Å². The van der Waals surface area contributed by atoms with E-state index in [4.69, 9.17) is 5.11 Å². The highest BCUT2D eigenvalue weighted by Gasteiger charge is 2.07. The molecule has 0 aliphatic heterocycles. The highest BCUT2D eigenvalue weighted by molar-refractivity contribution is 5.97. The summed E-state index contributed by atoms with van der Waals surface area (Å²) in [5.41, 5.74) is 2.27. The molecule has 5 nitrogen and oxygen atoms in total. The van der Waals surface area contributed by atoms with Crippen molar-refractivity contribution in [2.45, 2.75) is 19.4 Å². The minimum Gasteiger partial charge on any atom is -0.393 e. The summed E-state index contributed by atoms with van der Waals surface area (Å²) >= 11 is 0. The number of rotatable bonds is 4. The van der Waals surface area contributed by atoms with Gasteiger partial charge in [-0.25, -0.2) is 4.98 Å². The quantitative estimate of drug-likeness (QED) is 0.739. The molecule has 1 amide bonds. The predicted octanol–water partition coefficient (Wildman–Crippen LogP) is 1.06. The van der Waals surface area contributed by atoms with Crippen LogP contribution in [0.5, 0.6) is 0 Å². The summed E-state index contributed by atoms with van der Waals surface area (Å²) in [6, 6.07) is 5.30. The molecule has 3 N–H and O–H groups in total. The lowest BCUT2D eigenvalue weighted by Gasteiger charge is -2.06. The maximum absolute atomic E-state index is 11.8. The SMILES string of the molecule is CC(O)CCNC(=O)c1ccc2nc[nH]c2c1. The first kappa shape index (κ1) is 11.6. The highest BCUT2D eigenvalue weighted by atomic mass is 16.3. The van der Waals surface area contributed by atoms with Gasteiger partial charge in [0.15, 0.2) is 0 Å². The average molecular weight is 233 g/mol. The van der Waals surface area contributed by atoms with Crippen LogP contribution in [-0.2, 0) is 0 Å². The molecule has 1 atom stereocenters. The molecule has 0 aliphatic carbocycles. The summed E-state index contributed by atoms with van der Waals surface area (Å²) < 4.78 is 0. The number of nitrogens with one attached hydrogen (secondary N) is 2. The number of carbonyl (C=O) groups is 1. The Bertz CT molecular complexity index is 519. The van der Waals surface area contributed by atoms with Crippen LogP contribution in [0.15, 0.2) is 24.5 Å². The fourth-order valence-electron chi connectivity index (χ4n) is 1.57. The zero-order valence-corrected chi connectivity index (χ0v) is 9.60. The van der Waals surface area contributed by atoms with Crippen molar-refractivity contribution in [3.8, 4) is 0 Å². The number of hydrogen-bond donors (Lipinski definition) is 3. The number of aromatic amines is 1. The second kappa shape index (κ2) is 4.97. The van der Waals surface area contributed by atoms with E-state index in [1.54, 1.807) is 31.5 Å². The highest BCUT2D eigenvalue weighted by Crippen LogP contribution is 2.11. The van der Waals surface area contributed by atoms with Gasteiger partial charge in [0.05, 0.1) is 23.5 Å². The Morgan fingerprint density at radius 1 is 1.59 bits per heavy atom. The van der Waals surface area contributed by atoms with Crippen LogP contribution in [0.25, 0.3) is 11.0 Å². The zero-order chi connectivity index (χ0) is 12.3. The molecule has 1 aromatic carbocycles. The summed E-state index contributed by atoms with van der Waals surface area (Å²) in [6.45, 7) is 2.17. The lowest BCUT2D eigenvalue weighted by Crippen LogP contribution is -2.26. The smallest absolute Gasteiger partial charge is 0.251 e. The Kier molecular flexibility index (Phi) is 3.39. The van der Waals surface area contributed by atoms with Crippen LogP contribution in [0.3, 0.4) is 0 Å². The van der Waals surface area contributed by atoms with Gasteiger partial charge in [-0.05, 0) is 31.5 Å². The Morgan fingerprint density at radius 2 is 2.41 bits per heavy atom. The summed E-state index contributed by atoms with van der Waals surface area (Å²) in [4.78, 5) is 18.8. The van der Waals surface area contributed by atoms with Crippen molar-refractivity contribution in [2.24, 2.45) is 0 Å². The third kappa shape index (κ3) is 2.82. The van der Waals surface area contributed by atoms with Crippen LogP contribution >= 0.6 is 0 Å². The van der Waals surface area contributed by atoms with Crippen LogP contribution < -0.4 is 5.32 Å². The summed E-state index contributed by atoms with van der Waals surface area (Å²) in [6.07, 6.45) is 1.75. The summed E-state index contributed by atoms with van der Waals surface area (Å²) in [7, 11) is 0. The second-order valence-electron chi connectivity index (χ2n) is 4.03. The lowest BCUT2D eigenvalue weighted by atomic mass is 10.2. The molecule has 0 bridgehead atoms. The molecule has 17 heavy (non-hydrogen) atoms. The number of nitrogens with zero attached hydrogens (tertiary/aromatic N) is 1. The molecular weight excluding hydrogens is 218 g/mol. The molecule has 0 fully saturated rings. The van der Waals surface area contributed by atoms with E-state index in [0.717, 1.165) is 11.0 Å². The van der Waals surface area contributed by atoms with Crippen molar-refractivity contribution in [3.63, 3.8) is 0 Å². The second-order valence-corrected chi connectivity index (χ2v) is 4.03. The van der Waals surface area contributed by atoms with E-state index < -0.39 is 6.10 Å². The molecule has 1 aromatic heterocycles. The number of amides is 1. The molecule has 0 aliphatic rings. The number of carbonyl (C=O) groups excluding carboxylic acids is 1. The minimum atomic E-state index is -0.398. The molecule has 1 unspecified atom stereocenters. The van der Waals surface area contributed by atoms with E-state index in [1.807, 2.05) is 0 Å². The summed E-state index contributed by atoms with van der Waals surface area (Å²) in [5.74, 6) is -0.137. The first-order valence-corrected chi connectivity index (χ1v) is 5.56. The van der Waals surface area contributed by atoms with Crippen molar-refractivity contribution in [1.82, 2.24) is 15.3 Å². The van der Waals surface area contributed by atoms with E-state index in [2.05, 4.69) is 15.3 Å². The number of benzene rings is 1. The molecule has 2 aromatic rings. The molecule has 90 valence electrons. The molecule has 2 rings (SSSR count). The van der Waals surface area contributed by atoms with Gasteiger partial charge >= 0.3 is 0 Å². The molecular formula is C12H15N3O2. The first-order chi connectivity index (χ1) is 8.16. The van der Waals surface area contributed by atoms with Gasteiger partial charge in [-0.15, -0.1) is 0 Å². The van der Waals surface area contributed by atoms with Gasteiger partial charge in [0.25, 0.3) is 5.91 Å². The van der Waals surface area contributed by atoms with Gasteiger partial charge in [-0.3, -0.25) is 4.79 Å². The Morgan fingerprint density at radius 3 is 3.18 bits per heavy atom. The lowest BCUT2D eigenvalue weighted by molar-refractivity contribution is 0.0945. The maximum Gasteiger partial charge on any atom is 0.251 e. The van der Waals surface area contributed by atoms with Crippen molar-refractivity contribution < 1.29 is 9.90 Å². The standard InChI is InChI=1S/C12H15N3O2/c1-8(16)4-5-13-12(17)9-2-3-10-11(6-9)15-7-14-10/h2-3,6-8,16H,4-5H2,1H3,(H,13,17)(H,14,15). The number of H-pyrrole nitrogens is 1. The average Bonchev–Trinajstić information content (AvgIpc) is 2.75. The molecule has 0 radical (unpaired) electrons. The fourth-order valence-corrected chi connectivity index (χ4v) is 1.57. The topological polar surface area (TPSA) is 78.0 Å². The number of aliphatic hydroxyl groups excluding tert-OH is 1. The Hall–Kier alpha value is -1.88. The Balaban J connectivity index is 2.03. The number of hydrogen-bond acceptors (Lipinski definition) is 3. The van der Waals surface area contributed by atoms with Crippen LogP contribution in [0, 0.1) is 0 Å². The Labute approximate surface area is 98.9 Å². The van der Waals surface area contributed by atoms with E-state index >= 15 is 0 Å². The van der Waals surface area contributed by atoms with Crippen molar-refractivity contribution in [2.75, 3.05) is 6.54 Å². The fraction of sp³-hybridized carbons (Fsp3) is 0.333. The van der Waals surface area contributed by atoms with Gasteiger partial charge in [0.2, 0.25) is 0 Å². The van der Waals surface area contributed by atoms with Gasteiger partial charge in [-0.1, -0.05) is 0 Å². The van der Waals surface area contributed by atoms with E-state index in [-0.39, 0.29) is 5.91 Å². The predicted molar refractivity (Wildman–Crippen MR) is 64.7 cm³/mol. The van der Waals surface area contributed by atoms with Crippen LogP contribution in [0.2, 0.25) is 0 Å². The van der Waals surface area contributed by atoms with Crippen molar-refractivity contribution in [1.29, 1.82) is 0 Å². The van der Waals surface area contributed by atoms with Crippen LogP contribution in [0.1, 0.15) is 23.7 Å². The largest absolute Gasteiger partial charge is 0.393 e. The maximum atomic E-state index is 11.8. The summed E-state index contributed by atoms with van der Waals surface area (Å²) in [5, 5.41) is 11.8. The van der Waals surface area contributed by atoms with E-state index in [9.17, 15) is 4.79 Å². The van der Waals surface area contributed by atoms with Crippen LogP contribution in [0.4, 0.5) is 0 Å². The minimum absolute atomic E-state index is 0.137. The number of fused-ring (bicyclic) bond motifs is 1.